The van der Waals surface area contributed by atoms with Crippen molar-refractivity contribution in [2.45, 2.75) is 64.7 Å². The molecule has 2 unspecified atom stereocenters. The van der Waals surface area contributed by atoms with Gasteiger partial charge in [0.25, 0.3) is 5.56 Å². The van der Waals surface area contributed by atoms with Crippen molar-refractivity contribution < 1.29 is 23.8 Å². The molecule has 1 fully saturated rings. The Bertz CT molecular complexity index is 749. The third-order valence-corrected chi connectivity index (χ3v) is 4.25. The molecule has 0 N–H and O–H groups in total. The summed E-state index contributed by atoms with van der Waals surface area (Å²) in [6.07, 6.45) is 3.17. The topological polar surface area (TPSA) is 96.7 Å². The highest BCUT2D eigenvalue weighted by Crippen LogP contribution is 2.27. The summed E-state index contributed by atoms with van der Waals surface area (Å²) in [4.78, 5) is 37.6. The summed E-state index contributed by atoms with van der Waals surface area (Å²) in [7, 11) is 0. The first-order chi connectivity index (χ1) is 12.7. The molecule has 9 heteroatoms. The number of esters is 2. The molecular formula is C18H25ClN2O6. The van der Waals surface area contributed by atoms with Crippen molar-refractivity contribution in [3.63, 3.8) is 0 Å². The summed E-state index contributed by atoms with van der Waals surface area (Å²) in [5, 5.41) is 3.81. The molecule has 0 aromatic carbocycles. The molecule has 0 saturated carbocycles. The minimum absolute atomic E-state index is 0.0403. The lowest BCUT2D eigenvalue weighted by Crippen LogP contribution is -2.36. The van der Waals surface area contributed by atoms with Crippen LogP contribution in [0.2, 0.25) is 5.02 Å². The lowest BCUT2D eigenvalue weighted by Gasteiger charge is -2.25. The Labute approximate surface area is 162 Å². The normalized spacial score (nSPS) is 18.6. The van der Waals surface area contributed by atoms with Gasteiger partial charge in [-0.3, -0.25) is 14.4 Å². The van der Waals surface area contributed by atoms with Crippen molar-refractivity contribution in [2.24, 2.45) is 0 Å². The Morgan fingerprint density at radius 3 is 2.63 bits per heavy atom. The Hall–Kier alpha value is -1.93. The van der Waals surface area contributed by atoms with E-state index in [4.69, 9.17) is 25.8 Å². The van der Waals surface area contributed by atoms with E-state index in [1.807, 2.05) is 0 Å². The number of ether oxygens (including phenoxy) is 3. The summed E-state index contributed by atoms with van der Waals surface area (Å²) < 4.78 is 17.0. The van der Waals surface area contributed by atoms with Crippen LogP contribution in [-0.2, 0) is 23.8 Å². The summed E-state index contributed by atoms with van der Waals surface area (Å²) >= 11 is 6.23. The van der Waals surface area contributed by atoms with Crippen molar-refractivity contribution in [3.05, 3.63) is 27.1 Å². The van der Waals surface area contributed by atoms with Gasteiger partial charge in [-0.1, -0.05) is 11.6 Å². The molecule has 2 rings (SSSR count). The Kier molecular flexibility index (Phi) is 7.00. The van der Waals surface area contributed by atoms with E-state index < -0.39 is 35.2 Å². The second-order valence-corrected chi connectivity index (χ2v) is 7.58. The van der Waals surface area contributed by atoms with Crippen molar-refractivity contribution >= 4 is 23.5 Å². The molecule has 1 aromatic rings. The van der Waals surface area contributed by atoms with E-state index in [0.29, 0.717) is 13.0 Å². The van der Waals surface area contributed by atoms with Crippen LogP contribution in [0.25, 0.3) is 0 Å². The van der Waals surface area contributed by atoms with Gasteiger partial charge in [-0.05, 0) is 47.0 Å². The van der Waals surface area contributed by atoms with Gasteiger partial charge in [-0.25, -0.2) is 0 Å². The molecule has 0 amide bonds. The van der Waals surface area contributed by atoms with E-state index in [9.17, 15) is 14.4 Å². The van der Waals surface area contributed by atoms with Crippen molar-refractivity contribution in [1.29, 1.82) is 0 Å². The quantitative estimate of drug-likeness (QED) is 0.553. The van der Waals surface area contributed by atoms with Gasteiger partial charge in [0, 0.05) is 12.2 Å². The van der Waals surface area contributed by atoms with Gasteiger partial charge in [-0.2, -0.15) is 9.78 Å². The molecule has 1 aliphatic heterocycles. The molecule has 1 aliphatic rings. The van der Waals surface area contributed by atoms with E-state index in [1.165, 1.54) is 6.20 Å². The van der Waals surface area contributed by atoms with E-state index >= 15 is 0 Å². The van der Waals surface area contributed by atoms with Crippen molar-refractivity contribution in [3.8, 4) is 0 Å². The van der Waals surface area contributed by atoms with Gasteiger partial charge in [0.1, 0.15) is 10.6 Å². The highest BCUT2D eigenvalue weighted by molar-refractivity contribution is 6.31. The molecule has 1 saturated heterocycles. The summed E-state index contributed by atoms with van der Waals surface area (Å²) in [6.45, 7) is 7.22. The first-order valence-electron chi connectivity index (χ1n) is 8.94. The molecule has 2 atom stereocenters. The fourth-order valence-corrected chi connectivity index (χ4v) is 2.96. The number of rotatable bonds is 5. The zero-order chi connectivity index (χ0) is 20.2. The summed E-state index contributed by atoms with van der Waals surface area (Å²) in [6, 6.07) is 0. The van der Waals surface area contributed by atoms with Crippen LogP contribution < -0.4 is 5.56 Å². The standard InChI is InChI=1S/C18H25ClN2O6/c1-5-25-16(23)13(17(24)27-18(2,3)4)11-10-20-21(15(22)14(11)19)12-8-6-7-9-26-12/h10,12-13H,5-9H2,1-4H3. The van der Waals surface area contributed by atoms with Gasteiger partial charge in [0.05, 0.1) is 12.8 Å². The monoisotopic (exact) mass is 400 g/mol. The average molecular weight is 401 g/mol. The number of hydrogen-bond donors (Lipinski definition) is 0. The minimum atomic E-state index is -1.49. The van der Waals surface area contributed by atoms with Gasteiger partial charge in [0.15, 0.2) is 12.1 Å². The highest BCUT2D eigenvalue weighted by Gasteiger charge is 2.37. The maximum atomic E-state index is 12.7. The number of halogens is 1. The van der Waals surface area contributed by atoms with Gasteiger partial charge < -0.3 is 14.2 Å². The SMILES string of the molecule is CCOC(=O)C(C(=O)OC(C)(C)C)c1cnn(C2CCCCO2)c(=O)c1Cl. The van der Waals surface area contributed by atoms with E-state index in [2.05, 4.69) is 5.10 Å². The molecule has 0 bridgehead atoms. The van der Waals surface area contributed by atoms with Gasteiger partial charge in [0.2, 0.25) is 0 Å². The van der Waals surface area contributed by atoms with Crippen LogP contribution in [0.4, 0.5) is 0 Å². The van der Waals surface area contributed by atoms with Crippen LogP contribution in [-0.4, -0.2) is 40.5 Å². The predicted octanol–water partition coefficient (Wildman–Crippen LogP) is 2.58. The number of aromatic nitrogens is 2. The average Bonchev–Trinajstić information content (AvgIpc) is 2.58. The number of carbonyl (C=O) groups is 2. The van der Waals surface area contributed by atoms with Crippen LogP contribution in [0, 0.1) is 0 Å². The predicted molar refractivity (Wildman–Crippen MR) is 97.6 cm³/mol. The summed E-state index contributed by atoms with van der Waals surface area (Å²) in [5.74, 6) is -3.18. The second kappa shape index (κ2) is 8.84. The fourth-order valence-electron chi connectivity index (χ4n) is 2.72. The van der Waals surface area contributed by atoms with Crippen molar-refractivity contribution in [1.82, 2.24) is 9.78 Å². The number of hydrogen-bond acceptors (Lipinski definition) is 7. The van der Waals surface area contributed by atoms with E-state index in [0.717, 1.165) is 17.5 Å². The molecule has 0 radical (unpaired) electrons. The Morgan fingerprint density at radius 1 is 1.37 bits per heavy atom. The highest BCUT2D eigenvalue weighted by atomic mass is 35.5. The van der Waals surface area contributed by atoms with Crippen LogP contribution in [0.15, 0.2) is 11.0 Å². The zero-order valence-electron chi connectivity index (χ0n) is 16.0. The molecule has 1 aromatic heterocycles. The number of nitrogens with zero attached hydrogens (tertiary/aromatic N) is 2. The third kappa shape index (κ3) is 5.29. The first kappa shape index (κ1) is 21.4. The van der Waals surface area contributed by atoms with Crippen molar-refractivity contribution in [2.75, 3.05) is 13.2 Å². The Balaban J connectivity index is 2.42. The van der Waals surface area contributed by atoms with Gasteiger partial charge in [-0.15, -0.1) is 0 Å². The molecular weight excluding hydrogens is 376 g/mol. The maximum Gasteiger partial charge on any atom is 0.325 e. The maximum absolute atomic E-state index is 12.7. The van der Waals surface area contributed by atoms with Crippen LogP contribution in [0.3, 0.4) is 0 Å². The largest absolute Gasteiger partial charge is 0.465 e. The molecule has 2 heterocycles. The molecule has 0 spiro atoms. The molecule has 150 valence electrons. The molecule has 8 nitrogen and oxygen atoms in total. The first-order valence-corrected chi connectivity index (χ1v) is 9.31. The van der Waals surface area contributed by atoms with Crippen LogP contribution in [0.1, 0.15) is 64.7 Å². The second-order valence-electron chi connectivity index (χ2n) is 7.20. The molecule has 27 heavy (non-hydrogen) atoms. The fraction of sp³-hybridized carbons (Fsp3) is 0.667. The number of carbonyl (C=O) groups excluding carboxylic acids is 2. The summed E-state index contributed by atoms with van der Waals surface area (Å²) in [5.41, 5.74) is -1.49. The lowest BCUT2D eigenvalue weighted by molar-refractivity contribution is -0.164. The zero-order valence-corrected chi connectivity index (χ0v) is 16.7. The lowest BCUT2D eigenvalue weighted by atomic mass is 10.0. The van der Waals surface area contributed by atoms with E-state index in [-0.39, 0.29) is 17.2 Å². The van der Waals surface area contributed by atoms with Crippen LogP contribution >= 0.6 is 11.6 Å². The van der Waals surface area contributed by atoms with Gasteiger partial charge >= 0.3 is 11.9 Å². The van der Waals surface area contributed by atoms with Crippen LogP contribution in [0.5, 0.6) is 0 Å². The third-order valence-electron chi connectivity index (χ3n) is 3.87. The smallest absolute Gasteiger partial charge is 0.325 e. The minimum Gasteiger partial charge on any atom is -0.465 e. The molecule has 0 aliphatic carbocycles. The Morgan fingerprint density at radius 2 is 2.07 bits per heavy atom. The van der Waals surface area contributed by atoms with E-state index in [1.54, 1.807) is 27.7 Å².